The molecule has 1 aromatic rings. The largest absolute Gasteiger partial charge is 0.353 e. The molecule has 7 heteroatoms. The number of anilines is 1. The van der Waals surface area contributed by atoms with Gasteiger partial charge in [0.25, 0.3) is 5.91 Å². The topological polar surface area (TPSA) is 82.2 Å². The van der Waals surface area contributed by atoms with Gasteiger partial charge in [0.15, 0.2) is 0 Å². The van der Waals surface area contributed by atoms with E-state index in [1.54, 1.807) is 12.4 Å². The molecule has 7 nitrogen and oxygen atoms in total. The van der Waals surface area contributed by atoms with Crippen LogP contribution in [0.15, 0.2) is 12.4 Å². The molecule has 2 saturated heterocycles. The lowest BCUT2D eigenvalue weighted by atomic mass is 10.0. The maximum absolute atomic E-state index is 12.5. The molecule has 0 bridgehead atoms. The molecule has 1 spiro atoms. The zero-order valence-corrected chi connectivity index (χ0v) is 14.1. The van der Waals surface area contributed by atoms with E-state index in [1.165, 1.54) is 19.3 Å². The third-order valence-corrected chi connectivity index (χ3v) is 5.43. The van der Waals surface area contributed by atoms with Crippen LogP contribution >= 0.6 is 0 Å². The van der Waals surface area contributed by atoms with Gasteiger partial charge in [-0.15, -0.1) is 0 Å². The number of nitrogens with one attached hydrogen (secondary N) is 3. The number of hydrogen-bond acceptors (Lipinski definition) is 6. The Kier molecular flexibility index (Phi) is 4.37. The van der Waals surface area contributed by atoms with Crippen molar-refractivity contribution >= 4 is 11.9 Å². The highest BCUT2D eigenvalue weighted by Crippen LogP contribution is 2.51. The van der Waals surface area contributed by atoms with Gasteiger partial charge in [-0.1, -0.05) is 0 Å². The number of amides is 1. The van der Waals surface area contributed by atoms with Crippen LogP contribution in [0.2, 0.25) is 0 Å². The minimum Gasteiger partial charge on any atom is -0.353 e. The molecule has 1 unspecified atom stereocenters. The van der Waals surface area contributed by atoms with Crippen LogP contribution in [-0.2, 0) is 0 Å². The van der Waals surface area contributed by atoms with Crippen LogP contribution in [0.3, 0.4) is 0 Å². The van der Waals surface area contributed by atoms with Gasteiger partial charge in [0, 0.05) is 51.2 Å². The van der Waals surface area contributed by atoms with Gasteiger partial charge in [0.1, 0.15) is 0 Å². The van der Waals surface area contributed by atoms with Gasteiger partial charge >= 0.3 is 0 Å². The van der Waals surface area contributed by atoms with Crippen LogP contribution in [0.1, 0.15) is 36.0 Å². The summed E-state index contributed by atoms with van der Waals surface area (Å²) in [6.45, 7) is 5.35. The molecule has 0 aromatic carbocycles. The lowest BCUT2D eigenvalue weighted by Gasteiger charge is -2.19. The summed E-state index contributed by atoms with van der Waals surface area (Å²) in [7, 11) is 0. The predicted octanol–water partition coefficient (Wildman–Crippen LogP) is 0.466. The highest BCUT2D eigenvalue weighted by molar-refractivity contribution is 5.93. The first-order valence-corrected chi connectivity index (χ1v) is 9.03. The maximum atomic E-state index is 12.5. The first-order valence-electron chi connectivity index (χ1n) is 9.03. The van der Waals surface area contributed by atoms with Crippen LogP contribution in [0.5, 0.6) is 0 Å². The smallest absolute Gasteiger partial charge is 0.257 e. The fraction of sp³-hybridized carbons (Fsp3) is 0.706. The summed E-state index contributed by atoms with van der Waals surface area (Å²) < 4.78 is 0. The van der Waals surface area contributed by atoms with Gasteiger partial charge < -0.3 is 20.9 Å². The summed E-state index contributed by atoms with van der Waals surface area (Å²) >= 11 is 0. The monoisotopic (exact) mass is 330 g/mol. The third kappa shape index (κ3) is 3.52. The van der Waals surface area contributed by atoms with Crippen molar-refractivity contribution in [2.24, 2.45) is 5.41 Å². The molecule has 1 saturated carbocycles. The molecular weight excluding hydrogens is 304 g/mol. The fourth-order valence-electron chi connectivity index (χ4n) is 3.71. The summed E-state index contributed by atoms with van der Waals surface area (Å²) in [4.78, 5) is 23.0. The number of aromatic nitrogens is 2. The number of carbonyl (C=O) groups is 1. The molecule has 1 aromatic heterocycles. The van der Waals surface area contributed by atoms with Crippen molar-refractivity contribution < 1.29 is 4.79 Å². The van der Waals surface area contributed by atoms with Crippen LogP contribution in [0, 0.1) is 5.41 Å². The Morgan fingerprint density at radius 1 is 1.29 bits per heavy atom. The average molecular weight is 330 g/mol. The van der Waals surface area contributed by atoms with Crippen molar-refractivity contribution in [3.8, 4) is 0 Å². The number of hydrogen-bond donors (Lipinski definition) is 3. The van der Waals surface area contributed by atoms with E-state index < -0.39 is 0 Å². The van der Waals surface area contributed by atoms with Crippen molar-refractivity contribution in [1.82, 2.24) is 25.5 Å². The van der Waals surface area contributed by atoms with Crippen molar-refractivity contribution in [2.45, 2.75) is 31.7 Å². The minimum absolute atomic E-state index is 0.0263. The molecule has 130 valence electrons. The predicted molar refractivity (Wildman–Crippen MR) is 92.0 cm³/mol. The Labute approximate surface area is 142 Å². The van der Waals surface area contributed by atoms with E-state index in [9.17, 15) is 4.79 Å². The molecule has 0 radical (unpaired) electrons. The van der Waals surface area contributed by atoms with Crippen LogP contribution in [0.25, 0.3) is 0 Å². The van der Waals surface area contributed by atoms with E-state index in [-0.39, 0.29) is 5.91 Å². The van der Waals surface area contributed by atoms with E-state index in [0.29, 0.717) is 23.0 Å². The third-order valence-electron chi connectivity index (χ3n) is 5.43. The van der Waals surface area contributed by atoms with Crippen molar-refractivity contribution in [2.75, 3.05) is 44.6 Å². The molecule has 24 heavy (non-hydrogen) atoms. The Morgan fingerprint density at radius 2 is 2.12 bits per heavy atom. The second-order valence-corrected chi connectivity index (χ2v) is 7.35. The fourth-order valence-corrected chi connectivity index (χ4v) is 3.71. The number of rotatable bonds is 4. The Morgan fingerprint density at radius 3 is 2.88 bits per heavy atom. The zero-order chi connectivity index (χ0) is 16.4. The first-order chi connectivity index (χ1) is 11.7. The lowest BCUT2D eigenvalue weighted by molar-refractivity contribution is 0.0765. The van der Waals surface area contributed by atoms with Gasteiger partial charge in [-0.05, 0) is 37.6 Å². The number of carbonyl (C=O) groups excluding carboxylic acids is 1. The zero-order valence-electron chi connectivity index (χ0n) is 14.1. The summed E-state index contributed by atoms with van der Waals surface area (Å²) in [5.74, 6) is 0.626. The summed E-state index contributed by atoms with van der Waals surface area (Å²) in [6.07, 6.45) is 8.26. The summed E-state index contributed by atoms with van der Waals surface area (Å²) in [5.41, 5.74) is 1.17. The highest BCUT2D eigenvalue weighted by atomic mass is 16.2. The van der Waals surface area contributed by atoms with Crippen molar-refractivity contribution in [3.05, 3.63) is 18.0 Å². The minimum atomic E-state index is 0.0263. The van der Waals surface area contributed by atoms with Crippen LogP contribution < -0.4 is 16.0 Å². The van der Waals surface area contributed by atoms with E-state index in [4.69, 9.17) is 0 Å². The van der Waals surface area contributed by atoms with Crippen molar-refractivity contribution in [3.63, 3.8) is 0 Å². The van der Waals surface area contributed by atoms with E-state index in [0.717, 1.165) is 45.7 Å². The van der Waals surface area contributed by atoms with Gasteiger partial charge in [-0.2, -0.15) is 0 Å². The Balaban J connectivity index is 1.30. The standard InChI is InChI=1S/C17H26N6O/c24-15(23-6-1-4-18-5-7-23)13-9-19-16(20-10-13)21-11-14-8-17(2-3-17)12-22-14/h9-10,14,18,22H,1-8,11-12H2,(H,19,20,21). The second-order valence-electron chi connectivity index (χ2n) is 7.35. The van der Waals surface area contributed by atoms with E-state index in [1.807, 2.05) is 4.90 Å². The van der Waals surface area contributed by atoms with Crippen LogP contribution in [-0.4, -0.2) is 66.1 Å². The Hall–Kier alpha value is -1.73. The first kappa shape index (κ1) is 15.8. The van der Waals surface area contributed by atoms with E-state index >= 15 is 0 Å². The normalized spacial score (nSPS) is 25.5. The summed E-state index contributed by atoms with van der Waals surface area (Å²) in [6, 6.07) is 0.502. The molecule has 1 aliphatic carbocycles. The van der Waals surface area contributed by atoms with Gasteiger partial charge in [-0.25, -0.2) is 9.97 Å². The molecule has 3 N–H and O–H groups in total. The van der Waals surface area contributed by atoms with Crippen LogP contribution in [0.4, 0.5) is 5.95 Å². The lowest BCUT2D eigenvalue weighted by Crippen LogP contribution is -2.34. The molecule has 3 fully saturated rings. The Bertz CT molecular complexity index is 577. The summed E-state index contributed by atoms with van der Waals surface area (Å²) in [5, 5.41) is 10.2. The quantitative estimate of drug-likeness (QED) is 0.744. The van der Waals surface area contributed by atoms with Gasteiger partial charge in [0.05, 0.1) is 5.56 Å². The number of nitrogens with zero attached hydrogens (tertiary/aromatic N) is 3. The molecular formula is C17H26N6O. The second kappa shape index (κ2) is 6.64. The van der Waals surface area contributed by atoms with E-state index in [2.05, 4.69) is 25.9 Å². The van der Waals surface area contributed by atoms with Gasteiger partial charge in [0.2, 0.25) is 5.95 Å². The molecule has 3 heterocycles. The van der Waals surface area contributed by atoms with Crippen molar-refractivity contribution in [1.29, 1.82) is 0 Å². The molecule has 1 amide bonds. The molecule has 2 aliphatic heterocycles. The molecule has 1 atom stereocenters. The molecule has 3 aliphatic rings. The van der Waals surface area contributed by atoms with Gasteiger partial charge in [-0.3, -0.25) is 4.79 Å². The highest BCUT2D eigenvalue weighted by Gasteiger charge is 2.47. The average Bonchev–Trinajstić information content (AvgIpc) is 3.32. The maximum Gasteiger partial charge on any atom is 0.257 e. The SMILES string of the molecule is O=C(c1cnc(NCC2CC3(CC3)CN2)nc1)N1CCCNCC1. The molecule has 4 rings (SSSR count).